The summed E-state index contributed by atoms with van der Waals surface area (Å²) in [5, 5.41) is 8.90. The van der Waals surface area contributed by atoms with Crippen LogP contribution in [0.4, 0.5) is 0 Å². The Hall–Kier alpha value is -1.13. The van der Waals surface area contributed by atoms with Crippen molar-refractivity contribution >= 4 is 21.6 Å². The van der Waals surface area contributed by atoms with Crippen LogP contribution in [-0.2, 0) is 10.0 Å². The van der Waals surface area contributed by atoms with Crippen LogP contribution in [-0.4, -0.2) is 20.5 Å². The molecule has 1 rings (SSSR count). The van der Waals surface area contributed by atoms with E-state index in [0.717, 1.165) is 0 Å². The van der Waals surface area contributed by atoms with Crippen molar-refractivity contribution in [1.29, 1.82) is 5.26 Å². The molecule has 0 saturated heterocycles. The predicted molar refractivity (Wildman–Crippen MR) is 78.9 cm³/mol. The lowest BCUT2D eigenvalue weighted by atomic mass is 9.95. The van der Waals surface area contributed by atoms with Gasteiger partial charge >= 0.3 is 0 Å². The van der Waals surface area contributed by atoms with Crippen molar-refractivity contribution < 1.29 is 8.42 Å². The maximum absolute atomic E-state index is 12.2. The van der Waals surface area contributed by atoms with Crippen LogP contribution in [0.25, 0.3) is 0 Å². The number of nitrogens with two attached hydrogens (primary N) is 1. The first-order valence-corrected chi connectivity index (χ1v) is 8.12. The average molecular weight is 316 g/mol. The molecule has 5 nitrogen and oxygen atoms in total. The lowest BCUT2D eigenvalue weighted by molar-refractivity contribution is 0.392. The van der Waals surface area contributed by atoms with E-state index in [9.17, 15) is 8.42 Å². The fraction of sp³-hybridized carbons (Fsp3) is 0.462. The fourth-order valence-corrected chi connectivity index (χ4v) is 3.26. The van der Waals surface area contributed by atoms with E-state index in [4.69, 9.17) is 22.6 Å². The van der Waals surface area contributed by atoms with Crippen LogP contribution in [0.1, 0.15) is 32.3 Å². The van der Waals surface area contributed by atoms with Crippen LogP contribution in [0, 0.1) is 11.3 Å². The van der Waals surface area contributed by atoms with Crippen molar-refractivity contribution in [2.45, 2.75) is 37.1 Å². The molecule has 0 aliphatic rings. The number of rotatable bonds is 6. The maximum Gasteiger partial charge on any atom is 0.242 e. The summed E-state index contributed by atoms with van der Waals surface area (Å²) >= 11 is 5.90. The summed E-state index contributed by atoms with van der Waals surface area (Å²) in [6, 6.07) is 5.99. The molecule has 0 radical (unpaired) electrons. The molecule has 1 aromatic carbocycles. The Morgan fingerprint density at radius 3 is 2.50 bits per heavy atom. The molecule has 0 aliphatic heterocycles. The molecule has 0 atom stereocenters. The van der Waals surface area contributed by atoms with Crippen molar-refractivity contribution in [3.05, 3.63) is 28.8 Å². The van der Waals surface area contributed by atoms with E-state index >= 15 is 0 Å². The summed E-state index contributed by atoms with van der Waals surface area (Å²) in [4.78, 5) is -0.104. The highest BCUT2D eigenvalue weighted by atomic mass is 35.5. The molecule has 20 heavy (non-hydrogen) atoms. The molecule has 0 amide bonds. The third-order valence-corrected chi connectivity index (χ3v) is 5.26. The molecule has 0 saturated carbocycles. The molecule has 0 heterocycles. The molecule has 0 aromatic heterocycles. The first-order valence-electron chi connectivity index (χ1n) is 6.26. The van der Waals surface area contributed by atoms with Gasteiger partial charge in [0.2, 0.25) is 10.0 Å². The van der Waals surface area contributed by atoms with Crippen LogP contribution in [0.5, 0.6) is 0 Å². The maximum atomic E-state index is 12.2. The Labute approximate surface area is 124 Å². The quantitative estimate of drug-likeness (QED) is 0.839. The summed E-state index contributed by atoms with van der Waals surface area (Å²) in [5.41, 5.74) is 5.71. The lowest BCUT2D eigenvalue weighted by Crippen LogP contribution is -2.49. The summed E-state index contributed by atoms with van der Waals surface area (Å²) in [6.07, 6.45) is 1.30. The van der Waals surface area contributed by atoms with E-state index in [1.54, 1.807) is 0 Å². The summed E-state index contributed by atoms with van der Waals surface area (Å²) in [6.45, 7) is 3.93. The monoisotopic (exact) mass is 315 g/mol. The topological polar surface area (TPSA) is 96.0 Å². The van der Waals surface area contributed by atoms with Gasteiger partial charge in [0, 0.05) is 12.1 Å². The highest BCUT2D eigenvalue weighted by Gasteiger charge is 2.25. The average Bonchev–Trinajstić information content (AvgIpc) is 2.45. The van der Waals surface area contributed by atoms with Gasteiger partial charge in [0.05, 0.1) is 16.7 Å². The SMILES string of the molecule is CCC(N)(CC)CNS(=O)(=O)c1cc(C#N)ccc1Cl. The van der Waals surface area contributed by atoms with E-state index in [1.807, 2.05) is 19.9 Å². The minimum Gasteiger partial charge on any atom is -0.324 e. The molecule has 0 aliphatic carbocycles. The van der Waals surface area contributed by atoms with Gasteiger partial charge < -0.3 is 5.73 Å². The van der Waals surface area contributed by atoms with Gasteiger partial charge in [-0.15, -0.1) is 0 Å². The second-order valence-electron chi connectivity index (χ2n) is 4.65. The van der Waals surface area contributed by atoms with Crippen LogP contribution in [0.2, 0.25) is 5.02 Å². The number of halogens is 1. The van der Waals surface area contributed by atoms with E-state index < -0.39 is 15.6 Å². The van der Waals surface area contributed by atoms with Gasteiger partial charge in [-0.1, -0.05) is 25.4 Å². The van der Waals surface area contributed by atoms with Crippen molar-refractivity contribution in [3.8, 4) is 6.07 Å². The summed E-state index contributed by atoms with van der Waals surface area (Å²) in [5.74, 6) is 0. The zero-order valence-corrected chi connectivity index (χ0v) is 13.1. The van der Waals surface area contributed by atoms with E-state index in [2.05, 4.69) is 4.72 Å². The van der Waals surface area contributed by atoms with Crippen LogP contribution in [0.3, 0.4) is 0 Å². The van der Waals surface area contributed by atoms with Gasteiger partial charge in [-0.05, 0) is 31.0 Å². The molecular weight excluding hydrogens is 298 g/mol. The third kappa shape index (κ3) is 3.93. The highest BCUT2D eigenvalue weighted by molar-refractivity contribution is 7.89. The van der Waals surface area contributed by atoms with Gasteiger partial charge in [0.15, 0.2) is 0 Å². The highest BCUT2D eigenvalue weighted by Crippen LogP contribution is 2.23. The fourth-order valence-electron chi connectivity index (χ4n) is 1.60. The minimum absolute atomic E-state index is 0.0760. The number of nitrogens with one attached hydrogen (secondary N) is 1. The Morgan fingerprint density at radius 1 is 1.40 bits per heavy atom. The summed E-state index contributed by atoms with van der Waals surface area (Å²) in [7, 11) is -3.79. The van der Waals surface area contributed by atoms with Crippen LogP contribution in [0.15, 0.2) is 23.1 Å². The third-order valence-electron chi connectivity index (χ3n) is 3.37. The normalized spacial score (nSPS) is 12.2. The number of sulfonamides is 1. The Bertz CT molecular complexity index is 619. The van der Waals surface area contributed by atoms with Crippen molar-refractivity contribution in [3.63, 3.8) is 0 Å². The van der Waals surface area contributed by atoms with Gasteiger partial charge in [-0.25, -0.2) is 13.1 Å². The number of nitrogens with zero attached hydrogens (tertiary/aromatic N) is 1. The van der Waals surface area contributed by atoms with Crippen molar-refractivity contribution in [2.75, 3.05) is 6.54 Å². The number of nitriles is 1. The molecule has 0 unspecified atom stereocenters. The Balaban J connectivity index is 3.04. The molecule has 0 fully saturated rings. The van der Waals surface area contributed by atoms with Gasteiger partial charge in [0.25, 0.3) is 0 Å². The van der Waals surface area contributed by atoms with Gasteiger partial charge in [0.1, 0.15) is 4.90 Å². The molecule has 1 aromatic rings. The first-order chi connectivity index (χ1) is 9.28. The molecular formula is C13H18ClN3O2S. The van der Waals surface area contributed by atoms with E-state index in [-0.39, 0.29) is 22.0 Å². The lowest BCUT2D eigenvalue weighted by Gasteiger charge is -2.26. The van der Waals surface area contributed by atoms with E-state index in [0.29, 0.717) is 12.8 Å². The predicted octanol–water partition coefficient (Wildman–Crippen LogP) is 2.01. The standard InChI is InChI=1S/C13H18ClN3O2S/c1-3-13(16,4-2)9-17-20(18,19)12-7-10(8-15)5-6-11(12)14/h5-7,17H,3-4,9,16H2,1-2H3. The number of benzene rings is 1. The summed E-state index contributed by atoms with van der Waals surface area (Å²) < 4.78 is 26.9. The van der Waals surface area contributed by atoms with Crippen molar-refractivity contribution in [2.24, 2.45) is 5.73 Å². The largest absolute Gasteiger partial charge is 0.324 e. The zero-order valence-electron chi connectivity index (χ0n) is 11.5. The molecule has 110 valence electrons. The second-order valence-corrected chi connectivity index (χ2v) is 6.79. The molecule has 7 heteroatoms. The van der Waals surface area contributed by atoms with Gasteiger partial charge in [-0.2, -0.15) is 5.26 Å². The molecule has 0 bridgehead atoms. The van der Waals surface area contributed by atoms with Crippen LogP contribution < -0.4 is 10.5 Å². The Kier molecular flexibility index (Phi) is 5.54. The number of hydrogen-bond acceptors (Lipinski definition) is 4. The molecule has 3 N–H and O–H groups in total. The second kappa shape index (κ2) is 6.55. The van der Waals surface area contributed by atoms with Gasteiger partial charge in [-0.3, -0.25) is 0 Å². The zero-order chi connectivity index (χ0) is 15.4. The first kappa shape index (κ1) is 16.9. The number of hydrogen-bond donors (Lipinski definition) is 2. The minimum atomic E-state index is -3.79. The smallest absolute Gasteiger partial charge is 0.242 e. The van der Waals surface area contributed by atoms with Crippen molar-refractivity contribution in [1.82, 2.24) is 4.72 Å². The Morgan fingerprint density at radius 2 is 2.00 bits per heavy atom. The molecule has 0 spiro atoms. The van der Waals surface area contributed by atoms with Crippen LogP contribution >= 0.6 is 11.6 Å². The van der Waals surface area contributed by atoms with E-state index in [1.165, 1.54) is 18.2 Å².